The van der Waals surface area contributed by atoms with E-state index >= 15 is 0 Å². The number of aromatic nitrogens is 2. The smallest absolute Gasteiger partial charge is 0.231 e. The number of carbonyl (C=O) groups excluding carboxylic acids is 1. The lowest BCUT2D eigenvalue weighted by Crippen LogP contribution is -2.28. The summed E-state index contributed by atoms with van der Waals surface area (Å²) < 4.78 is 5.38. The molecule has 3 aromatic rings. The zero-order valence-corrected chi connectivity index (χ0v) is 14.8. The van der Waals surface area contributed by atoms with Crippen LogP contribution < -0.4 is 10.6 Å². The van der Waals surface area contributed by atoms with Gasteiger partial charge in [-0.3, -0.25) is 4.79 Å². The molecule has 6 nitrogen and oxygen atoms in total. The third-order valence-corrected chi connectivity index (χ3v) is 4.04. The van der Waals surface area contributed by atoms with Crippen molar-refractivity contribution < 1.29 is 9.32 Å². The first-order valence-corrected chi connectivity index (χ1v) is 8.55. The van der Waals surface area contributed by atoms with Crippen LogP contribution in [0.1, 0.15) is 29.3 Å². The van der Waals surface area contributed by atoms with E-state index in [0.29, 0.717) is 31.2 Å². The molecule has 1 amide bonds. The van der Waals surface area contributed by atoms with Crippen LogP contribution in [0.4, 0.5) is 5.69 Å². The zero-order chi connectivity index (χ0) is 18.4. The molecule has 1 heterocycles. The van der Waals surface area contributed by atoms with E-state index in [9.17, 15) is 4.79 Å². The van der Waals surface area contributed by atoms with Crippen molar-refractivity contribution in [2.24, 2.45) is 5.73 Å². The van der Waals surface area contributed by atoms with E-state index in [-0.39, 0.29) is 12.3 Å². The quantitative estimate of drug-likeness (QED) is 0.675. The minimum Gasteiger partial charge on any atom is -0.370 e. The molecule has 0 atom stereocenters. The van der Waals surface area contributed by atoms with Gasteiger partial charge in [0, 0.05) is 18.7 Å². The molecule has 0 radical (unpaired) electrons. The van der Waals surface area contributed by atoms with Crippen molar-refractivity contribution in [1.29, 1.82) is 0 Å². The van der Waals surface area contributed by atoms with Crippen LogP contribution in [0.5, 0.6) is 0 Å². The summed E-state index contributed by atoms with van der Waals surface area (Å²) in [5.74, 6) is 0.827. The van der Waals surface area contributed by atoms with Crippen LogP contribution in [0.3, 0.4) is 0 Å². The molecule has 0 bridgehead atoms. The highest BCUT2D eigenvalue weighted by atomic mass is 16.5. The number of anilines is 1. The van der Waals surface area contributed by atoms with E-state index < -0.39 is 0 Å². The fourth-order valence-corrected chi connectivity index (χ4v) is 2.74. The zero-order valence-electron chi connectivity index (χ0n) is 14.8. The molecule has 0 fully saturated rings. The van der Waals surface area contributed by atoms with Gasteiger partial charge < -0.3 is 15.2 Å². The first kappa shape index (κ1) is 17.7. The van der Waals surface area contributed by atoms with Crippen LogP contribution in [0.15, 0.2) is 59.1 Å². The highest BCUT2D eigenvalue weighted by molar-refractivity contribution is 5.74. The maximum Gasteiger partial charge on any atom is 0.231 e. The first-order chi connectivity index (χ1) is 12.6. The Hall–Kier alpha value is -3.15. The largest absolute Gasteiger partial charge is 0.370 e. The number of benzene rings is 2. The number of primary amides is 1. The van der Waals surface area contributed by atoms with E-state index in [2.05, 4.69) is 16.2 Å². The number of amides is 1. The Morgan fingerprint density at radius 2 is 1.96 bits per heavy atom. The van der Waals surface area contributed by atoms with Gasteiger partial charge in [0.1, 0.15) is 0 Å². The Labute approximate surface area is 152 Å². The average Bonchev–Trinajstić information content (AvgIpc) is 3.06. The van der Waals surface area contributed by atoms with Gasteiger partial charge in [0.25, 0.3) is 0 Å². The topological polar surface area (TPSA) is 85.2 Å². The van der Waals surface area contributed by atoms with E-state index in [1.807, 2.05) is 60.4 Å². The number of hydrogen-bond acceptors (Lipinski definition) is 5. The van der Waals surface area contributed by atoms with Gasteiger partial charge in [0.15, 0.2) is 5.82 Å². The maximum absolute atomic E-state index is 11.2. The Kier molecular flexibility index (Phi) is 5.63. The second kappa shape index (κ2) is 8.29. The maximum atomic E-state index is 11.2. The third kappa shape index (κ3) is 4.92. The summed E-state index contributed by atoms with van der Waals surface area (Å²) in [6, 6.07) is 18.1. The molecule has 0 unspecified atom stereocenters. The molecule has 6 heteroatoms. The van der Waals surface area contributed by atoms with Crippen molar-refractivity contribution in [3.05, 3.63) is 77.4 Å². The van der Waals surface area contributed by atoms with Gasteiger partial charge in [-0.15, -0.1) is 0 Å². The minimum atomic E-state index is -0.333. The summed E-state index contributed by atoms with van der Waals surface area (Å²) in [4.78, 5) is 17.7. The Morgan fingerprint density at radius 1 is 1.15 bits per heavy atom. The second-order valence-corrected chi connectivity index (χ2v) is 6.24. The summed E-state index contributed by atoms with van der Waals surface area (Å²) in [7, 11) is 0. The van der Waals surface area contributed by atoms with Crippen molar-refractivity contribution in [3.8, 4) is 0 Å². The number of carbonyl (C=O) groups is 1. The molecule has 26 heavy (non-hydrogen) atoms. The molecule has 0 aliphatic heterocycles. The van der Waals surface area contributed by atoms with Crippen molar-refractivity contribution in [1.82, 2.24) is 10.1 Å². The monoisotopic (exact) mass is 350 g/mol. The van der Waals surface area contributed by atoms with Gasteiger partial charge >= 0.3 is 0 Å². The predicted octanol–water partition coefficient (Wildman–Crippen LogP) is 2.85. The summed E-state index contributed by atoms with van der Waals surface area (Å²) in [6.45, 7) is 2.98. The second-order valence-electron chi connectivity index (χ2n) is 6.24. The summed E-state index contributed by atoms with van der Waals surface area (Å²) >= 11 is 0. The predicted molar refractivity (Wildman–Crippen MR) is 99.6 cm³/mol. The Balaban J connectivity index is 1.73. The van der Waals surface area contributed by atoms with E-state index in [4.69, 9.17) is 10.3 Å². The van der Waals surface area contributed by atoms with Crippen LogP contribution in [0.2, 0.25) is 0 Å². The number of nitrogens with two attached hydrogens (primary N) is 1. The van der Waals surface area contributed by atoms with Crippen LogP contribution in [0, 0.1) is 6.92 Å². The molecule has 2 N–H and O–H groups in total. The normalized spacial score (nSPS) is 10.7. The van der Waals surface area contributed by atoms with E-state index in [0.717, 1.165) is 16.8 Å². The molecule has 134 valence electrons. The van der Waals surface area contributed by atoms with Crippen molar-refractivity contribution >= 4 is 11.6 Å². The van der Waals surface area contributed by atoms with Crippen molar-refractivity contribution in [2.45, 2.75) is 26.3 Å². The molecule has 0 saturated carbocycles. The molecule has 0 aliphatic carbocycles. The van der Waals surface area contributed by atoms with Crippen LogP contribution in [0.25, 0.3) is 0 Å². The first-order valence-electron chi connectivity index (χ1n) is 8.55. The minimum absolute atomic E-state index is 0.267. The number of aryl methyl sites for hydroxylation is 1. The summed E-state index contributed by atoms with van der Waals surface area (Å²) in [5.41, 5.74) is 8.58. The fraction of sp³-hybridized carbons (Fsp3) is 0.250. The Morgan fingerprint density at radius 3 is 2.69 bits per heavy atom. The third-order valence-electron chi connectivity index (χ3n) is 4.04. The van der Waals surface area contributed by atoms with Gasteiger partial charge in [0.05, 0.1) is 13.0 Å². The molecule has 0 saturated heterocycles. The molecular weight excluding hydrogens is 328 g/mol. The average molecular weight is 350 g/mol. The van der Waals surface area contributed by atoms with Crippen LogP contribution in [-0.4, -0.2) is 22.6 Å². The molecule has 0 spiro atoms. The molecule has 3 rings (SSSR count). The van der Waals surface area contributed by atoms with E-state index in [1.54, 1.807) is 0 Å². The van der Waals surface area contributed by atoms with Crippen molar-refractivity contribution in [3.63, 3.8) is 0 Å². The van der Waals surface area contributed by atoms with Gasteiger partial charge in [-0.05, 0) is 30.2 Å². The lowest BCUT2D eigenvalue weighted by Gasteiger charge is -2.23. The Bertz CT molecular complexity index is 861. The molecule has 2 aromatic carbocycles. The van der Waals surface area contributed by atoms with Crippen LogP contribution in [-0.2, 0) is 17.8 Å². The molecule has 0 aliphatic rings. The molecule has 1 aromatic heterocycles. The summed E-state index contributed by atoms with van der Waals surface area (Å²) in [5, 5.41) is 4.08. The van der Waals surface area contributed by atoms with Gasteiger partial charge in [0.2, 0.25) is 11.8 Å². The number of rotatable bonds is 8. The molecular formula is C20H22N4O2. The summed E-state index contributed by atoms with van der Waals surface area (Å²) in [6.07, 6.45) is 0.863. The lowest BCUT2D eigenvalue weighted by atomic mass is 10.1. The SMILES string of the molecule is Cc1cccc(N(CCC(N)=O)Cc2noc(Cc3ccccc3)n2)c1. The highest BCUT2D eigenvalue weighted by Gasteiger charge is 2.14. The number of hydrogen-bond donors (Lipinski definition) is 1. The number of nitrogens with zero attached hydrogens (tertiary/aromatic N) is 3. The standard InChI is InChI=1S/C20H22N4O2/c1-15-6-5-9-17(12-15)24(11-10-18(21)25)14-19-22-20(26-23-19)13-16-7-3-2-4-8-16/h2-9,12H,10-11,13-14H2,1H3,(H2,21,25). The lowest BCUT2D eigenvalue weighted by molar-refractivity contribution is -0.117. The van der Waals surface area contributed by atoms with Crippen LogP contribution >= 0.6 is 0 Å². The highest BCUT2D eigenvalue weighted by Crippen LogP contribution is 2.18. The van der Waals surface area contributed by atoms with Crippen molar-refractivity contribution in [2.75, 3.05) is 11.4 Å². The van der Waals surface area contributed by atoms with Gasteiger partial charge in [-0.1, -0.05) is 47.6 Å². The fourth-order valence-electron chi connectivity index (χ4n) is 2.74. The van der Waals surface area contributed by atoms with E-state index in [1.165, 1.54) is 0 Å². The van der Waals surface area contributed by atoms with Gasteiger partial charge in [-0.2, -0.15) is 4.98 Å². The van der Waals surface area contributed by atoms with Gasteiger partial charge in [-0.25, -0.2) is 0 Å².